The van der Waals surface area contributed by atoms with Crippen molar-refractivity contribution in [1.82, 2.24) is 4.57 Å². The second-order valence-corrected chi connectivity index (χ2v) is 9.93. The number of benzene rings is 1. The zero-order valence-corrected chi connectivity index (χ0v) is 17.3. The molecule has 1 aromatic heterocycles. The van der Waals surface area contributed by atoms with Crippen LogP contribution in [0.15, 0.2) is 24.4 Å². The molecule has 0 radical (unpaired) electrons. The van der Waals surface area contributed by atoms with Gasteiger partial charge < -0.3 is 4.57 Å². The summed E-state index contributed by atoms with van der Waals surface area (Å²) in [5, 5.41) is 4.41. The first-order valence-electron chi connectivity index (χ1n) is 8.92. The van der Waals surface area contributed by atoms with Crippen LogP contribution in [0.25, 0.3) is 10.9 Å². The molecular weight excluding hydrogens is 418 g/mol. The standard InChI is InChI=1S/C19H24F6N2OS/c1-11(29(26)28)7-15(19(23,24)25)14-9-27(10-17(2,3)4)16-8-12(18(20,21)22)5-6-13(14)16/h5-6,8-9,11,15H,7,10,26H2,1-4H3/t11?,15-,29?/m0/s1. The van der Waals surface area contributed by atoms with Crippen LogP contribution in [-0.4, -0.2) is 20.2 Å². The fraction of sp³-hybridized carbons (Fsp3) is 0.579. The lowest BCUT2D eigenvalue weighted by Gasteiger charge is -2.22. The van der Waals surface area contributed by atoms with Crippen molar-refractivity contribution in [2.45, 2.75) is 64.2 Å². The Bertz CT molecular complexity index is 895. The van der Waals surface area contributed by atoms with E-state index in [0.29, 0.717) is 0 Å². The van der Waals surface area contributed by atoms with Gasteiger partial charge in [0.25, 0.3) is 0 Å². The number of nitrogens with two attached hydrogens (primary N) is 1. The van der Waals surface area contributed by atoms with E-state index < -0.39 is 46.5 Å². The minimum atomic E-state index is -4.67. The van der Waals surface area contributed by atoms with E-state index in [4.69, 9.17) is 5.14 Å². The molecule has 0 bridgehead atoms. The van der Waals surface area contributed by atoms with Crippen LogP contribution in [0.5, 0.6) is 0 Å². The molecule has 0 saturated carbocycles. The molecule has 0 aliphatic rings. The van der Waals surface area contributed by atoms with Gasteiger partial charge in [-0.3, -0.25) is 5.14 Å². The van der Waals surface area contributed by atoms with Crippen LogP contribution in [0.4, 0.5) is 26.3 Å². The molecule has 0 aliphatic carbocycles. The summed E-state index contributed by atoms with van der Waals surface area (Å²) in [5.74, 6) is -1.99. The Balaban J connectivity index is 2.72. The topological polar surface area (TPSA) is 48.0 Å². The van der Waals surface area contributed by atoms with Gasteiger partial charge in [-0.2, -0.15) is 26.3 Å². The van der Waals surface area contributed by atoms with Crippen LogP contribution >= 0.6 is 0 Å². The van der Waals surface area contributed by atoms with Gasteiger partial charge in [0.15, 0.2) is 0 Å². The third-order valence-electron chi connectivity index (χ3n) is 4.62. The zero-order valence-electron chi connectivity index (χ0n) is 16.5. The van der Waals surface area contributed by atoms with Gasteiger partial charge in [-0.25, -0.2) is 4.21 Å². The van der Waals surface area contributed by atoms with Gasteiger partial charge in [0, 0.05) is 28.9 Å². The van der Waals surface area contributed by atoms with E-state index in [1.54, 1.807) is 0 Å². The van der Waals surface area contributed by atoms with Crippen LogP contribution in [0.1, 0.15) is 51.2 Å². The lowest BCUT2D eigenvalue weighted by molar-refractivity contribution is -0.151. The highest BCUT2D eigenvalue weighted by Crippen LogP contribution is 2.43. The van der Waals surface area contributed by atoms with Gasteiger partial charge in [-0.1, -0.05) is 26.8 Å². The average molecular weight is 442 g/mol. The number of hydrogen-bond acceptors (Lipinski definition) is 1. The maximum atomic E-state index is 13.8. The van der Waals surface area contributed by atoms with Crippen molar-refractivity contribution >= 4 is 21.9 Å². The Morgan fingerprint density at radius 3 is 2.14 bits per heavy atom. The molecule has 0 spiro atoms. The number of halogens is 6. The molecule has 0 fully saturated rings. The van der Waals surface area contributed by atoms with E-state index in [1.165, 1.54) is 17.7 Å². The molecule has 1 heterocycles. The van der Waals surface area contributed by atoms with Crippen LogP contribution in [0.2, 0.25) is 0 Å². The lowest BCUT2D eigenvalue weighted by Crippen LogP contribution is -2.28. The molecule has 2 unspecified atom stereocenters. The average Bonchev–Trinajstić information content (AvgIpc) is 2.86. The van der Waals surface area contributed by atoms with Gasteiger partial charge in [-0.05, 0) is 36.5 Å². The molecule has 2 rings (SSSR count). The molecule has 0 saturated heterocycles. The third-order valence-corrected chi connectivity index (χ3v) is 5.61. The maximum absolute atomic E-state index is 13.8. The summed E-state index contributed by atoms with van der Waals surface area (Å²) in [5.41, 5.74) is -1.36. The Morgan fingerprint density at radius 1 is 1.10 bits per heavy atom. The summed E-state index contributed by atoms with van der Waals surface area (Å²) in [6, 6.07) is 2.74. The number of fused-ring (bicyclic) bond motifs is 1. The number of aromatic nitrogens is 1. The molecule has 2 aromatic rings. The van der Waals surface area contributed by atoms with Crippen molar-refractivity contribution in [1.29, 1.82) is 0 Å². The highest BCUT2D eigenvalue weighted by molar-refractivity contribution is 7.83. The highest BCUT2D eigenvalue weighted by atomic mass is 32.2. The molecule has 29 heavy (non-hydrogen) atoms. The highest BCUT2D eigenvalue weighted by Gasteiger charge is 2.43. The molecular formula is C19H24F6N2OS. The molecule has 2 N–H and O–H groups in total. The number of hydrogen-bond donors (Lipinski definition) is 1. The molecule has 0 amide bonds. The van der Waals surface area contributed by atoms with Crippen molar-refractivity contribution in [2.75, 3.05) is 0 Å². The predicted octanol–water partition coefficient (Wildman–Crippen LogP) is 5.75. The fourth-order valence-electron chi connectivity index (χ4n) is 3.28. The van der Waals surface area contributed by atoms with Crippen molar-refractivity contribution in [2.24, 2.45) is 10.6 Å². The minimum absolute atomic E-state index is 0.0838. The van der Waals surface area contributed by atoms with Crippen molar-refractivity contribution in [3.8, 4) is 0 Å². The van der Waals surface area contributed by atoms with Gasteiger partial charge in [0.05, 0.1) is 22.5 Å². The Labute approximate surface area is 167 Å². The molecule has 10 heteroatoms. The minimum Gasteiger partial charge on any atom is -0.347 e. The van der Waals surface area contributed by atoms with E-state index in [2.05, 4.69) is 0 Å². The third kappa shape index (κ3) is 5.75. The van der Waals surface area contributed by atoms with E-state index in [1.807, 2.05) is 20.8 Å². The summed E-state index contributed by atoms with van der Waals surface area (Å²) in [6.45, 7) is 7.10. The maximum Gasteiger partial charge on any atom is 0.416 e. The second-order valence-electron chi connectivity index (χ2n) is 8.47. The van der Waals surface area contributed by atoms with Crippen LogP contribution < -0.4 is 5.14 Å². The zero-order chi connectivity index (χ0) is 22.4. The Kier molecular flexibility index (Phi) is 6.50. The molecule has 3 nitrogen and oxygen atoms in total. The van der Waals surface area contributed by atoms with Gasteiger partial charge >= 0.3 is 12.4 Å². The van der Waals surface area contributed by atoms with Crippen molar-refractivity contribution in [3.63, 3.8) is 0 Å². The van der Waals surface area contributed by atoms with Gasteiger partial charge in [-0.15, -0.1) is 0 Å². The van der Waals surface area contributed by atoms with Crippen LogP contribution in [0, 0.1) is 5.41 Å². The largest absolute Gasteiger partial charge is 0.416 e. The smallest absolute Gasteiger partial charge is 0.347 e. The summed E-state index contributed by atoms with van der Waals surface area (Å²) in [6.07, 6.45) is -8.54. The second kappa shape index (κ2) is 7.94. The monoisotopic (exact) mass is 442 g/mol. The molecule has 0 aliphatic heterocycles. The normalized spacial score (nSPS) is 16.8. The van der Waals surface area contributed by atoms with E-state index in [9.17, 15) is 30.6 Å². The van der Waals surface area contributed by atoms with E-state index in [0.717, 1.165) is 18.2 Å². The SMILES string of the molecule is CC(C[C@@H](c1cn(CC(C)(C)C)c2cc(C(F)(F)F)ccc12)C(F)(F)F)S(N)=O. The Hall–Kier alpha value is -1.55. The summed E-state index contributed by atoms with van der Waals surface area (Å²) >= 11 is 0. The summed E-state index contributed by atoms with van der Waals surface area (Å²) in [7, 11) is -1.95. The van der Waals surface area contributed by atoms with Crippen LogP contribution in [0.3, 0.4) is 0 Å². The lowest BCUT2D eigenvalue weighted by atomic mass is 9.93. The van der Waals surface area contributed by atoms with Crippen molar-refractivity contribution < 1.29 is 30.6 Å². The molecule has 1 aromatic carbocycles. The first kappa shape index (κ1) is 23.7. The number of alkyl halides is 6. The fourth-order valence-corrected chi connectivity index (χ4v) is 3.66. The van der Waals surface area contributed by atoms with Crippen molar-refractivity contribution in [3.05, 3.63) is 35.5 Å². The van der Waals surface area contributed by atoms with Gasteiger partial charge in [0.1, 0.15) is 0 Å². The number of nitrogens with zero attached hydrogens (tertiary/aromatic N) is 1. The number of rotatable bonds is 5. The Morgan fingerprint density at radius 2 is 1.69 bits per heavy atom. The van der Waals surface area contributed by atoms with Crippen LogP contribution in [-0.2, 0) is 23.7 Å². The first-order chi connectivity index (χ1) is 13.0. The van der Waals surface area contributed by atoms with E-state index in [-0.39, 0.29) is 28.4 Å². The van der Waals surface area contributed by atoms with Gasteiger partial charge in [0.2, 0.25) is 0 Å². The first-order valence-corrected chi connectivity index (χ1v) is 10.2. The summed E-state index contributed by atoms with van der Waals surface area (Å²) < 4.78 is 93.9. The summed E-state index contributed by atoms with van der Waals surface area (Å²) in [4.78, 5) is 0. The quantitative estimate of drug-likeness (QED) is 0.589. The predicted molar refractivity (Wildman–Crippen MR) is 102 cm³/mol. The molecule has 164 valence electrons. The van der Waals surface area contributed by atoms with E-state index >= 15 is 0 Å². The molecule has 3 atom stereocenters.